The van der Waals surface area contributed by atoms with E-state index in [1.807, 2.05) is 46.8 Å². The van der Waals surface area contributed by atoms with Crippen molar-refractivity contribution >= 4 is 16.8 Å². The third-order valence-corrected chi connectivity index (χ3v) is 3.73. The van der Waals surface area contributed by atoms with Crippen molar-refractivity contribution in [3.8, 4) is 0 Å². The number of hydrogen-bond acceptors (Lipinski definition) is 3. The molecule has 0 unspecified atom stereocenters. The molecule has 0 aliphatic rings. The lowest BCUT2D eigenvalue weighted by Crippen LogP contribution is -2.47. The molecule has 6 heteroatoms. The molecule has 0 saturated carbocycles. The summed E-state index contributed by atoms with van der Waals surface area (Å²) in [5.41, 5.74) is 0.149. The van der Waals surface area contributed by atoms with Gasteiger partial charge in [-0.25, -0.2) is 4.79 Å². The quantitative estimate of drug-likeness (QED) is 0.928. The van der Waals surface area contributed by atoms with Crippen LogP contribution in [0.2, 0.25) is 0 Å². The van der Waals surface area contributed by atoms with Crippen LogP contribution in [-0.2, 0) is 17.9 Å². The smallest absolute Gasteiger partial charge is 0.331 e. The number of aryl methyl sites for hydroxylation is 2. The second-order valence-corrected chi connectivity index (χ2v) is 7.09. The van der Waals surface area contributed by atoms with Crippen molar-refractivity contribution in [2.45, 2.75) is 59.7 Å². The zero-order valence-corrected chi connectivity index (χ0v) is 15.0. The van der Waals surface area contributed by atoms with Gasteiger partial charge < -0.3 is 5.32 Å². The van der Waals surface area contributed by atoms with Gasteiger partial charge in [0.25, 0.3) is 5.56 Å². The SMILES string of the molecule is CCCn1c(=O)n(CC(=O)NC(C)(C)C)c(=O)c2c(C)cccc21. The minimum Gasteiger partial charge on any atom is -0.350 e. The molecule has 1 amide bonds. The minimum absolute atomic E-state index is 0.275. The van der Waals surface area contributed by atoms with Gasteiger partial charge in [-0.3, -0.25) is 18.7 Å². The van der Waals surface area contributed by atoms with Crippen LogP contribution in [0.4, 0.5) is 0 Å². The Labute approximate surface area is 141 Å². The molecule has 0 atom stereocenters. The molecule has 6 nitrogen and oxygen atoms in total. The second-order valence-electron chi connectivity index (χ2n) is 7.09. The molecule has 0 aliphatic heterocycles. The molecule has 0 spiro atoms. The summed E-state index contributed by atoms with van der Waals surface area (Å²) in [4.78, 5) is 37.8. The summed E-state index contributed by atoms with van der Waals surface area (Å²) < 4.78 is 2.61. The van der Waals surface area contributed by atoms with E-state index in [-0.39, 0.29) is 12.5 Å². The maximum atomic E-state index is 12.8. The van der Waals surface area contributed by atoms with Crippen LogP contribution in [0.25, 0.3) is 10.9 Å². The number of carbonyl (C=O) groups excluding carboxylic acids is 1. The van der Waals surface area contributed by atoms with Gasteiger partial charge in [0.15, 0.2) is 0 Å². The van der Waals surface area contributed by atoms with Crippen molar-refractivity contribution in [2.75, 3.05) is 0 Å². The first-order chi connectivity index (χ1) is 11.2. The van der Waals surface area contributed by atoms with Crippen LogP contribution in [0, 0.1) is 6.92 Å². The van der Waals surface area contributed by atoms with E-state index < -0.39 is 16.8 Å². The molecule has 0 saturated heterocycles. The van der Waals surface area contributed by atoms with E-state index in [0.717, 1.165) is 16.6 Å². The predicted octanol–water partition coefficient (Wildman–Crippen LogP) is 1.80. The fourth-order valence-corrected chi connectivity index (χ4v) is 2.81. The topological polar surface area (TPSA) is 73.1 Å². The monoisotopic (exact) mass is 331 g/mol. The molecule has 0 aliphatic carbocycles. The predicted molar refractivity (Wildman–Crippen MR) is 95.4 cm³/mol. The lowest BCUT2D eigenvalue weighted by molar-refractivity contribution is -0.123. The van der Waals surface area contributed by atoms with Crippen molar-refractivity contribution in [1.29, 1.82) is 0 Å². The molecule has 1 heterocycles. The van der Waals surface area contributed by atoms with Gasteiger partial charge in [0.1, 0.15) is 6.54 Å². The van der Waals surface area contributed by atoms with Gasteiger partial charge in [-0.15, -0.1) is 0 Å². The van der Waals surface area contributed by atoms with Gasteiger partial charge in [-0.05, 0) is 45.7 Å². The number of rotatable bonds is 4. The van der Waals surface area contributed by atoms with E-state index in [9.17, 15) is 14.4 Å². The number of benzene rings is 1. The first-order valence-electron chi connectivity index (χ1n) is 8.19. The van der Waals surface area contributed by atoms with E-state index >= 15 is 0 Å². The van der Waals surface area contributed by atoms with Gasteiger partial charge >= 0.3 is 5.69 Å². The number of nitrogens with one attached hydrogen (secondary N) is 1. The highest BCUT2D eigenvalue weighted by Gasteiger charge is 2.19. The maximum absolute atomic E-state index is 12.8. The normalized spacial score (nSPS) is 11.7. The molecule has 24 heavy (non-hydrogen) atoms. The first kappa shape index (κ1) is 18.0. The fraction of sp³-hybridized carbons (Fsp3) is 0.500. The minimum atomic E-state index is -0.441. The van der Waals surface area contributed by atoms with E-state index in [2.05, 4.69) is 5.32 Å². The van der Waals surface area contributed by atoms with Crippen molar-refractivity contribution in [2.24, 2.45) is 0 Å². The second kappa shape index (κ2) is 6.63. The Morgan fingerprint density at radius 3 is 2.42 bits per heavy atom. The third-order valence-electron chi connectivity index (χ3n) is 3.73. The highest BCUT2D eigenvalue weighted by Crippen LogP contribution is 2.13. The molecule has 1 aromatic heterocycles. The van der Waals surface area contributed by atoms with Crippen LogP contribution >= 0.6 is 0 Å². The van der Waals surface area contributed by atoms with E-state index in [1.54, 1.807) is 10.6 Å². The molecule has 0 bridgehead atoms. The van der Waals surface area contributed by atoms with Gasteiger partial charge in [-0.2, -0.15) is 0 Å². The average Bonchev–Trinajstić information content (AvgIpc) is 2.46. The molecule has 130 valence electrons. The first-order valence-corrected chi connectivity index (χ1v) is 8.19. The Morgan fingerprint density at radius 1 is 1.17 bits per heavy atom. The number of nitrogens with zero attached hydrogens (tertiary/aromatic N) is 2. The summed E-state index contributed by atoms with van der Waals surface area (Å²) in [7, 11) is 0. The Bertz CT molecular complexity index is 885. The zero-order chi connectivity index (χ0) is 18.1. The number of carbonyl (C=O) groups is 1. The summed E-state index contributed by atoms with van der Waals surface area (Å²) in [5.74, 6) is -0.349. The van der Waals surface area contributed by atoms with Crippen LogP contribution in [-0.4, -0.2) is 20.6 Å². The van der Waals surface area contributed by atoms with Crippen LogP contribution in [0.3, 0.4) is 0 Å². The van der Waals surface area contributed by atoms with Crippen LogP contribution < -0.4 is 16.6 Å². The number of hydrogen-bond donors (Lipinski definition) is 1. The van der Waals surface area contributed by atoms with Crippen molar-refractivity contribution in [3.63, 3.8) is 0 Å². The Kier molecular flexibility index (Phi) is 4.96. The number of amides is 1. The lowest BCUT2D eigenvalue weighted by Gasteiger charge is -2.21. The molecule has 0 radical (unpaired) electrons. The highest BCUT2D eigenvalue weighted by molar-refractivity contribution is 5.82. The van der Waals surface area contributed by atoms with Gasteiger partial charge in [0, 0.05) is 12.1 Å². The fourth-order valence-electron chi connectivity index (χ4n) is 2.81. The standard InChI is InChI=1S/C18H25N3O3/c1-6-10-20-13-9-7-8-12(2)15(13)16(23)21(17(20)24)11-14(22)19-18(3,4)5/h7-9H,6,10-11H2,1-5H3,(H,19,22). The van der Waals surface area contributed by atoms with Gasteiger partial charge in [0.05, 0.1) is 10.9 Å². The summed E-state index contributed by atoms with van der Waals surface area (Å²) in [6.07, 6.45) is 0.759. The number of aromatic nitrogens is 2. The van der Waals surface area contributed by atoms with Gasteiger partial charge in [-0.1, -0.05) is 19.1 Å². The molecule has 1 aromatic carbocycles. The molecule has 0 fully saturated rings. The zero-order valence-electron chi connectivity index (χ0n) is 15.0. The van der Waals surface area contributed by atoms with Crippen molar-refractivity contribution < 1.29 is 4.79 Å². The molecule has 1 N–H and O–H groups in total. The van der Waals surface area contributed by atoms with Gasteiger partial charge in [0.2, 0.25) is 5.91 Å². The summed E-state index contributed by atoms with van der Waals surface area (Å²) in [6.45, 7) is 9.59. The van der Waals surface area contributed by atoms with Crippen molar-refractivity contribution in [3.05, 3.63) is 44.6 Å². The van der Waals surface area contributed by atoms with E-state index in [0.29, 0.717) is 17.4 Å². The highest BCUT2D eigenvalue weighted by atomic mass is 16.2. The van der Waals surface area contributed by atoms with Crippen molar-refractivity contribution in [1.82, 2.24) is 14.5 Å². The summed E-state index contributed by atoms with van der Waals surface area (Å²) in [6, 6.07) is 5.45. The molecular weight excluding hydrogens is 306 g/mol. The summed E-state index contributed by atoms with van der Waals surface area (Å²) in [5, 5.41) is 3.28. The molecular formula is C18H25N3O3. The van der Waals surface area contributed by atoms with E-state index in [4.69, 9.17) is 0 Å². The maximum Gasteiger partial charge on any atom is 0.331 e. The van der Waals surface area contributed by atoms with Crippen LogP contribution in [0.1, 0.15) is 39.7 Å². The Balaban J connectivity index is 2.66. The molecule has 2 aromatic rings. The third kappa shape index (κ3) is 3.58. The van der Waals surface area contributed by atoms with Crippen LogP contribution in [0.5, 0.6) is 0 Å². The molecule has 2 rings (SSSR count). The lowest BCUT2D eigenvalue weighted by atomic mass is 10.1. The number of fused-ring (bicyclic) bond motifs is 1. The largest absolute Gasteiger partial charge is 0.350 e. The summed E-state index contributed by atoms with van der Waals surface area (Å²) >= 11 is 0. The van der Waals surface area contributed by atoms with E-state index in [1.165, 1.54) is 0 Å². The Hall–Kier alpha value is -2.37. The average molecular weight is 331 g/mol. The van der Waals surface area contributed by atoms with Crippen LogP contribution in [0.15, 0.2) is 27.8 Å². The Morgan fingerprint density at radius 2 is 1.83 bits per heavy atom.